The average Bonchev–Trinajstić information content (AvgIpc) is 2.72. The quantitative estimate of drug-likeness (QED) is 0.489. The van der Waals surface area contributed by atoms with Gasteiger partial charge in [-0.3, -0.25) is 14.9 Å². The summed E-state index contributed by atoms with van der Waals surface area (Å²) in [4.78, 5) is 47.4. The molecule has 9 heteroatoms. The van der Waals surface area contributed by atoms with E-state index in [4.69, 9.17) is 14.2 Å². The van der Waals surface area contributed by atoms with Crippen molar-refractivity contribution in [1.29, 1.82) is 0 Å². The van der Waals surface area contributed by atoms with Crippen LogP contribution in [-0.4, -0.2) is 49.6 Å². The molecule has 0 bridgehead atoms. The SMILES string of the molecule is COc1cc(C(C)=O)ccc1OCC(=O)O[C@@H](C)C(=O)NC(=O)NC1CCCCC1. The number of hydrogen-bond acceptors (Lipinski definition) is 7. The maximum Gasteiger partial charge on any atom is 0.344 e. The molecule has 2 rings (SSSR count). The van der Waals surface area contributed by atoms with E-state index in [9.17, 15) is 19.2 Å². The molecule has 1 saturated carbocycles. The van der Waals surface area contributed by atoms with Gasteiger partial charge in [0.05, 0.1) is 7.11 Å². The summed E-state index contributed by atoms with van der Waals surface area (Å²) in [5, 5.41) is 4.94. The summed E-state index contributed by atoms with van der Waals surface area (Å²) >= 11 is 0. The molecule has 0 saturated heterocycles. The van der Waals surface area contributed by atoms with Crippen LogP contribution in [0.3, 0.4) is 0 Å². The van der Waals surface area contributed by atoms with Gasteiger partial charge >= 0.3 is 12.0 Å². The molecule has 3 amide bonds. The summed E-state index contributed by atoms with van der Waals surface area (Å²) in [5.41, 5.74) is 0.443. The number of hydrogen-bond donors (Lipinski definition) is 2. The zero-order valence-corrected chi connectivity index (χ0v) is 17.5. The van der Waals surface area contributed by atoms with Gasteiger partial charge in [0, 0.05) is 11.6 Å². The summed E-state index contributed by atoms with van der Waals surface area (Å²) in [5.74, 6) is -1.10. The van der Waals surface area contributed by atoms with Crippen LogP contribution in [0.5, 0.6) is 11.5 Å². The van der Waals surface area contributed by atoms with Gasteiger partial charge in [-0.1, -0.05) is 19.3 Å². The Balaban J connectivity index is 1.79. The van der Waals surface area contributed by atoms with Crippen molar-refractivity contribution in [2.75, 3.05) is 13.7 Å². The molecule has 1 fully saturated rings. The summed E-state index contributed by atoms with van der Waals surface area (Å²) in [6.07, 6.45) is 3.87. The summed E-state index contributed by atoms with van der Waals surface area (Å²) in [6.45, 7) is 2.32. The van der Waals surface area contributed by atoms with E-state index in [2.05, 4.69) is 10.6 Å². The molecule has 0 heterocycles. The molecule has 1 aromatic rings. The van der Waals surface area contributed by atoms with Crippen molar-refractivity contribution in [3.8, 4) is 11.5 Å². The highest BCUT2D eigenvalue weighted by atomic mass is 16.6. The Labute approximate surface area is 175 Å². The van der Waals surface area contributed by atoms with Gasteiger partial charge in [0.15, 0.2) is 30.0 Å². The van der Waals surface area contributed by atoms with Gasteiger partial charge in [-0.25, -0.2) is 9.59 Å². The lowest BCUT2D eigenvalue weighted by atomic mass is 9.96. The molecular weight excluding hydrogens is 392 g/mol. The molecule has 1 atom stereocenters. The number of Topliss-reactive ketones (excluding diaryl/α,β-unsaturated/α-hetero) is 1. The van der Waals surface area contributed by atoms with Gasteiger partial charge in [-0.15, -0.1) is 0 Å². The number of ether oxygens (including phenoxy) is 3. The average molecular weight is 420 g/mol. The minimum atomic E-state index is -1.17. The predicted octanol–water partition coefficient (Wildman–Crippen LogP) is 2.37. The van der Waals surface area contributed by atoms with Crippen LogP contribution in [0.1, 0.15) is 56.3 Å². The van der Waals surface area contributed by atoms with Gasteiger partial charge < -0.3 is 19.5 Å². The highest BCUT2D eigenvalue weighted by molar-refractivity contribution is 5.97. The zero-order valence-electron chi connectivity index (χ0n) is 17.5. The Morgan fingerprint density at radius 2 is 1.80 bits per heavy atom. The van der Waals surface area contributed by atoms with E-state index in [0.29, 0.717) is 11.3 Å². The fourth-order valence-electron chi connectivity index (χ4n) is 3.11. The monoisotopic (exact) mass is 420 g/mol. The van der Waals surface area contributed by atoms with E-state index in [0.717, 1.165) is 32.1 Å². The number of rotatable bonds is 8. The van der Waals surface area contributed by atoms with Crippen LogP contribution in [0.15, 0.2) is 18.2 Å². The number of esters is 1. The zero-order chi connectivity index (χ0) is 22.1. The van der Waals surface area contributed by atoms with Gasteiger partial charge in [0.25, 0.3) is 5.91 Å². The van der Waals surface area contributed by atoms with Crippen LogP contribution < -0.4 is 20.1 Å². The smallest absolute Gasteiger partial charge is 0.344 e. The molecule has 1 aliphatic rings. The van der Waals surface area contributed by atoms with E-state index in [1.807, 2.05) is 0 Å². The molecule has 0 unspecified atom stereocenters. The Kier molecular flexibility index (Phi) is 8.64. The van der Waals surface area contributed by atoms with Crippen LogP contribution >= 0.6 is 0 Å². The minimum Gasteiger partial charge on any atom is -0.493 e. The lowest BCUT2D eigenvalue weighted by Crippen LogP contribution is -2.48. The number of methoxy groups -OCH3 is 1. The van der Waals surface area contributed by atoms with Crippen LogP contribution in [0.25, 0.3) is 0 Å². The predicted molar refractivity (Wildman–Crippen MR) is 108 cm³/mol. The molecule has 0 aliphatic heterocycles. The first-order valence-electron chi connectivity index (χ1n) is 9.92. The van der Waals surface area contributed by atoms with Crippen LogP contribution in [0.2, 0.25) is 0 Å². The number of benzene rings is 1. The normalized spacial score (nSPS) is 14.9. The Morgan fingerprint density at radius 1 is 1.10 bits per heavy atom. The van der Waals surface area contributed by atoms with Gasteiger partial charge in [-0.2, -0.15) is 0 Å². The third-order valence-electron chi connectivity index (χ3n) is 4.77. The summed E-state index contributed by atoms with van der Waals surface area (Å²) < 4.78 is 15.5. The second kappa shape index (κ2) is 11.2. The Bertz CT molecular complexity index is 788. The summed E-state index contributed by atoms with van der Waals surface area (Å²) in [7, 11) is 1.41. The fraction of sp³-hybridized carbons (Fsp3) is 0.524. The first-order valence-corrected chi connectivity index (χ1v) is 9.92. The van der Waals surface area contributed by atoms with Crippen molar-refractivity contribution in [2.45, 2.75) is 58.1 Å². The third-order valence-corrected chi connectivity index (χ3v) is 4.77. The molecule has 0 spiro atoms. The second-order valence-corrected chi connectivity index (χ2v) is 7.14. The molecule has 9 nitrogen and oxygen atoms in total. The highest BCUT2D eigenvalue weighted by Gasteiger charge is 2.22. The Hall–Kier alpha value is -3.10. The number of nitrogens with one attached hydrogen (secondary N) is 2. The summed E-state index contributed by atoms with van der Waals surface area (Å²) in [6, 6.07) is 4.02. The highest BCUT2D eigenvalue weighted by Crippen LogP contribution is 2.28. The largest absolute Gasteiger partial charge is 0.493 e. The van der Waals surface area contributed by atoms with Crippen LogP contribution in [0.4, 0.5) is 4.79 Å². The number of carbonyl (C=O) groups is 4. The van der Waals surface area contributed by atoms with Gasteiger partial charge in [0.1, 0.15) is 0 Å². The molecule has 164 valence electrons. The van der Waals surface area contributed by atoms with E-state index in [1.165, 1.54) is 33.1 Å². The van der Waals surface area contributed by atoms with E-state index in [1.54, 1.807) is 6.07 Å². The topological polar surface area (TPSA) is 120 Å². The molecular formula is C21H28N2O7. The van der Waals surface area contributed by atoms with Crippen molar-refractivity contribution in [2.24, 2.45) is 0 Å². The Morgan fingerprint density at radius 3 is 2.43 bits per heavy atom. The number of amides is 3. The molecule has 1 aliphatic carbocycles. The van der Waals surface area contributed by atoms with Crippen LogP contribution in [0, 0.1) is 0 Å². The van der Waals surface area contributed by atoms with Crippen molar-refractivity contribution in [1.82, 2.24) is 10.6 Å². The maximum absolute atomic E-state index is 12.1. The van der Waals surface area contributed by atoms with E-state index in [-0.39, 0.29) is 17.6 Å². The van der Waals surface area contributed by atoms with Crippen molar-refractivity contribution in [3.63, 3.8) is 0 Å². The molecule has 0 radical (unpaired) electrons. The number of ketones is 1. The van der Waals surface area contributed by atoms with Crippen LogP contribution in [-0.2, 0) is 14.3 Å². The fourth-order valence-corrected chi connectivity index (χ4v) is 3.11. The number of imide groups is 1. The third kappa shape index (κ3) is 7.06. The maximum atomic E-state index is 12.1. The standard InChI is InChI=1S/C21H28N2O7/c1-13(24)15-9-10-17(18(11-15)28-3)29-12-19(25)30-14(2)20(26)23-21(27)22-16-7-5-4-6-8-16/h9-11,14,16H,4-8,12H2,1-3H3,(H2,22,23,26,27)/t14-/m0/s1. The van der Waals surface area contributed by atoms with Crippen molar-refractivity contribution in [3.05, 3.63) is 23.8 Å². The van der Waals surface area contributed by atoms with E-state index < -0.39 is 30.6 Å². The second-order valence-electron chi connectivity index (χ2n) is 7.14. The minimum absolute atomic E-state index is 0.0576. The molecule has 0 aromatic heterocycles. The molecule has 30 heavy (non-hydrogen) atoms. The van der Waals surface area contributed by atoms with Gasteiger partial charge in [0.2, 0.25) is 0 Å². The lowest BCUT2D eigenvalue weighted by molar-refractivity contribution is -0.156. The van der Waals surface area contributed by atoms with Crippen molar-refractivity contribution >= 4 is 23.7 Å². The number of carbonyl (C=O) groups excluding carboxylic acids is 4. The van der Waals surface area contributed by atoms with Gasteiger partial charge in [-0.05, 0) is 44.9 Å². The first-order chi connectivity index (χ1) is 14.3. The lowest BCUT2D eigenvalue weighted by Gasteiger charge is -2.23. The number of urea groups is 1. The van der Waals surface area contributed by atoms with E-state index >= 15 is 0 Å². The first kappa shape index (κ1) is 23.2. The molecule has 2 N–H and O–H groups in total. The molecule has 1 aromatic carbocycles. The van der Waals surface area contributed by atoms with Crippen molar-refractivity contribution < 1.29 is 33.4 Å².